The number of nitrogens with zero attached hydrogens (tertiary/aromatic N) is 1. The molecule has 2 aliphatic carbocycles. The van der Waals surface area contributed by atoms with Gasteiger partial charge in [-0.1, -0.05) is 38.8 Å². The van der Waals surface area contributed by atoms with Crippen molar-refractivity contribution in [1.82, 2.24) is 4.90 Å². The Kier molecular flexibility index (Phi) is 4.27. The number of ether oxygens (including phenoxy) is 1. The number of likely N-dealkylation sites (tertiary alicyclic amines) is 1. The van der Waals surface area contributed by atoms with Crippen molar-refractivity contribution < 1.29 is 9.53 Å². The van der Waals surface area contributed by atoms with E-state index in [4.69, 9.17) is 4.74 Å². The minimum atomic E-state index is 0.0644. The molecule has 2 saturated heterocycles. The maximum atomic E-state index is 12.6. The second kappa shape index (κ2) is 6.16. The van der Waals surface area contributed by atoms with Crippen molar-refractivity contribution in [2.24, 2.45) is 29.1 Å². The smallest absolute Gasteiger partial charge is 0.311 e. The van der Waals surface area contributed by atoms with Crippen LogP contribution < -0.4 is 0 Å². The summed E-state index contributed by atoms with van der Waals surface area (Å²) < 4.78 is 5.88. The molecule has 134 valence electrons. The largest absolute Gasteiger partial charge is 0.461 e. The number of carbonyl (C=O) groups is 1. The second-order valence-corrected chi connectivity index (χ2v) is 9.32. The Morgan fingerprint density at radius 1 is 1.25 bits per heavy atom. The van der Waals surface area contributed by atoms with Gasteiger partial charge in [0.15, 0.2) is 0 Å². The molecule has 0 aromatic carbocycles. The molecule has 4 rings (SSSR count). The van der Waals surface area contributed by atoms with Crippen LogP contribution in [-0.2, 0) is 9.53 Å². The molecule has 0 bridgehead atoms. The lowest BCUT2D eigenvalue weighted by Gasteiger charge is -2.46. The lowest BCUT2D eigenvalue weighted by Crippen LogP contribution is -2.42. The quantitative estimate of drug-likeness (QED) is 0.565. The fourth-order valence-electron chi connectivity index (χ4n) is 5.78. The number of piperidine rings is 1. The molecule has 0 aromatic heterocycles. The molecule has 5 atom stereocenters. The van der Waals surface area contributed by atoms with Crippen molar-refractivity contribution in [2.75, 3.05) is 19.6 Å². The first kappa shape index (κ1) is 16.6. The van der Waals surface area contributed by atoms with Crippen LogP contribution in [0.5, 0.6) is 0 Å². The number of esters is 1. The van der Waals surface area contributed by atoms with Crippen molar-refractivity contribution >= 4 is 5.97 Å². The van der Waals surface area contributed by atoms with E-state index in [1.807, 2.05) is 0 Å². The van der Waals surface area contributed by atoms with Crippen LogP contribution in [0.3, 0.4) is 0 Å². The van der Waals surface area contributed by atoms with Crippen LogP contribution >= 0.6 is 0 Å². The van der Waals surface area contributed by atoms with E-state index in [9.17, 15) is 4.79 Å². The molecule has 5 unspecified atom stereocenters. The lowest BCUT2D eigenvalue weighted by atomic mass is 9.59. The fraction of sp³-hybridized carbons (Fsp3) is 0.857. The maximum Gasteiger partial charge on any atom is 0.311 e. The number of fused-ring (bicyclic) bond motifs is 2. The summed E-state index contributed by atoms with van der Waals surface area (Å²) in [5.74, 6) is 1.97. The third-order valence-corrected chi connectivity index (χ3v) is 7.41. The fourth-order valence-corrected chi connectivity index (χ4v) is 5.78. The summed E-state index contributed by atoms with van der Waals surface area (Å²) in [6.45, 7) is 10.3. The first-order valence-electron chi connectivity index (χ1n) is 10.1. The van der Waals surface area contributed by atoms with Crippen LogP contribution in [0, 0.1) is 29.1 Å². The standard InChI is InChI=1S/C21H33NO2/c1-14-6-9-22(10-7-14)13-17-16-11-18-15(2)5-4-8-21(18,3)12-19(16)24-20(17)23/h11,14-17,19H,4-10,12-13H2,1-3H3. The molecule has 3 heteroatoms. The topological polar surface area (TPSA) is 29.5 Å². The van der Waals surface area contributed by atoms with E-state index < -0.39 is 0 Å². The van der Waals surface area contributed by atoms with Crippen LogP contribution in [0.25, 0.3) is 0 Å². The van der Waals surface area contributed by atoms with Crippen LogP contribution in [0.1, 0.15) is 59.3 Å². The van der Waals surface area contributed by atoms with Gasteiger partial charge in [-0.2, -0.15) is 0 Å². The molecule has 0 amide bonds. The van der Waals surface area contributed by atoms with Gasteiger partial charge in [0.25, 0.3) is 0 Å². The minimum absolute atomic E-state index is 0.0644. The predicted molar refractivity (Wildman–Crippen MR) is 95.5 cm³/mol. The van der Waals surface area contributed by atoms with Gasteiger partial charge < -0.3 is 9.64 Å². The Morgan fingerprint density at radius 3 is 2.75 bits per heavy atom. The summed E-state index contributed by atoms with van der Waals surface area (Å²) in [6.07, 6.45) is 10.1. The van der Waals surface area contributed by atoms with Crippen molar-refractivity contribution in [3.8, 4) is 0 Å². The van der Waals surface area contributed by atoms with E-state index in [0.29, 0.717) is 11.8 Å². The van der Waals surface area contributed by atoms with Gasteiger partial charge in [-0.25, -0.2) is 0 Å². The zero-order valence-corrected chi connectivity index (χ0v) is 15.6. The molecule has 1 saturated carbocycles. The predicted octanol–water partition coefficient (Wildman–Crippen LogP) is 4.03. The van der Waals surface area contributed by atoms with E-state index >= 15 is 0 Å². The van der Waals surface area contributed by atoms with Gasteiger partial charge in [-0.05, 0) is 62.4 Å². The number of hydrogen-bond donors (Lipinski definition) is 0. The maximum absolute atomic E-state index is 12.6. The van der Waals surface area contributed by atoms with Gasteiger partial charge >= 0.3 is 5.97 Å². The lowest BCUT2D eigenvalue weighted by molar-refractivity contribution is -0.145. The number of carbonyl (C=O) groups excluding carboxylic acids is 1. The van der Waals surface area contributed by atoms with Crippen LogP contribution in [-0.4, -0.2) is 36.6 Å². The second-order valence-electron chi connectivity index (χ2n) is 9.32. The van der Waals surface area contributed by atoms with Gasteiger partial charge in [0, 0.05) is 12.5 Å². The molecule has 0 aromatic rings. The van der Waals surface area contributed by atoms with Crippen LogP contribution in [0.2, 0.25) is 0 Å². The van der Waals surface area contributed by atoms with E-state index in [2.05, 4.69) is 31.7 Å². The Morgan fingerprint density at radius 2 is 2.00 bits per heavy atom. The molecule has 0 spiro atoms. The average molecular weight is 332 g/mol. The minimum Gasteiger partial charge on any atom is -0.461 e. The van der Waals surface area contributed by atoms with Gasteiger partial charge in [0.2, 0.25) is 0 Å². The highest BCUT2D eigenvalue weighted by atomic mass is 16.6. The highest BCUT2D eigenvalue weighted by Crippen LogP contribution is 2.54. The summed E-state index contributed by atoms with van der Waals surface area (Å²) >= 11 is 0. The van der Waals surface area contributed by atoms with Crippen molar-refractivity contribution in [3.05, 3.63) is 11.6 Å². The molecular weight excluding hydrogens is 298 g/mol. The summed E-state index contributed by atoms with van der Waals surface area (Å²) in [6, 6.07) is 0. The van der Waals surface area contributed by atoms with Gasteiger partial charge in [0.05, 0.1) is 5.92 Å². The SMILES string of the molecule is CC1CCN(CC2C(=O)OC3CC4(C)CCCC(C)C4=CC32)CC1. The van der Waals surface area contributed by atoms with Crippen molar-refractivity contribution in [3.63, 3.8) is 0 Å². The number of allylic oxidation sites excluding steroid dienone is 1. The summed E-state index contributed by atoms with van der Waals surface area (Å²) in [5, 5.41) is 0. The Balaban J connectivity index is 1.53. The van der Waals surface area contributed by atoms with Crippen LogP contribution in [0.15, 0.2) is 11.6 Å². The molecule has 0 N–H and O–H groups in total. The molecule has 3 fully saturated rings. The summed E-state index contributed by atoms with van der Waals surface area (Å²) in [7, 11) is 0. The van der Waals surface area contributed by atoms with Crippen molar-refractivity contribution in [2.45, 2.75) is 65.4 Å². The van der Waals surface area contributed by atoms with E-state index in [0.717, 1.165) is 32.0 Å². The Hall–Kier alpha value is -0.830. The molecule has 3 nitrogen and oxygen atoms in total. The summed E-state index contributed by atoms with van der Waals surface area (Å²) in [4.78, 5) is 15.1. The molecule has 2 heterocycles. The van der Waals surface area contributed by atoms with Crippen LogP contribution in [0.4, 0.5) is 0 Å². The Bertz CT molecular complexity index is 534. The average Bonchev–Trinajstić information content (AvgIpc) is 2.82. The van der Waals surface area contributed by atoms with Gasteiger partial charge in [0.1, 0.15) is 6.10 Å². The first-order valence-corrected chi connectivity index (χ1v) is 10.1. The highest BCUT2D eigenvalue weighted by Gasteiger charge is 2.51. The first-order chi connectivity index (χ1) is 11.5. The normalized spacial score (nSPS) is 43.8. The number of rotatable bonds is 2. The zero-order valence-electron chi connectivity index (χ0n) is 15.6. The molecular formula is C21H33NO2. The summed E-state index contributed by atoms with van der Waals surface area (Å²) in [5.41, 5.74) is 1.90. The van der Waals surface area contributed by atoms with E-state index in [1.54, 1.807) is 5.57 Å². The highest BCUT2D eigenvalue weighted by molar-refractivity contribution is 5.76. The monoisotopic (exact) mass is 331 g/mol. The molecule has 24 heavy (non-hydrogen) atoms. The Labute approximate surface area is 146 Å². The molecule has 2 aliphatic heterocycles. The third kappa shape index (κ3) is 2.83. The van der Waals surface area contributed by atoms with E-state index in [-0.39, 0.29) is 23.4 Å². The zero-order chi connectivity index (χ0) is 16.9. The van der Waals surface area contributed by atoms with Gasteiger partial charge in [-0.3, -0.25) is 4.79 Å². The van der Waals surface area contributed by atoms with Crippen molar-refractivity contribution in [1.29, 1.82) is 0 Å². The third-order valence-electron chi connectivity index (χ3n) is 7.41. The number of hydrogen-bond acceptors (Lipinski definition) is 3. The molecule has 4 aliphatic rings. The van der Waals surface area contributed by atoms with E-state index in [1.165, 1.54) is 32.1 Å². The molecule has 0 radical (unpaired) electrons. The van der Waals surface area contributed by atoms with Gasteiger partial charge in [-0.15, -0.1) is 0 Å².